The highest BCUT2D eigenvalue weighted by Crippen LogP contribution is 2.49. The molecule has 0 aromatic carbocycles. The van der Waals surface area contributed by atoms with Crippen LogP contribution in [0.1, 0.15) is 63.1 Å². The minimum atomic E-state index is 0.105. The summed E-state index contributed by atoms with van der Waals surface area (Å²) >= 11 is 0. The normalized spacial score (nSPS) is 31.4. The van der Waals surface area contributed by atoms with Crippen LogP contribution in [0.4, 0.5) is 4.79 Å². The SMILES string of the molecule is Cc1nc(C2CCN(C(=O)NC(C)C3CC4CCC3C4)CC2)no1. The van der Waals surface area contributed by atoms with Gasteiger partial charge in [0.05, 0.1) is 0 Å². The van der Waals surface area contributed by atoms with E-state index in [4.69, 9.17) is 4.52 Å². The van der Waals surface area contributed by atoms with Crippen LogP contribution >= 0.6 is 0 Å². The first-order chi connectivity index (χ1) is 11.6. The molecule has 6 nitrogen and oxygen atoms in total. The minimum absolute atomic E-state index is 0.105. The summed E-state index contributed by atoms with van der Waals surface area (Å²) in [4.78, 5) is 18.9. The Kier molecular flexibility index (Phi) is 4.22. The van der Waals surface area contributed by atoms with Gasteiger partial charge in [-0.3, -0.25) is 0 Å². The molecule has 2 amide bonds. The van der Waals surface area contributed by atoms with Gasteiger partial charge >= 0.3 is 6.03 Å². The Morgan fingerprint density at radius 1 is 1.25 bits per heavy atom. The van der Waals surface area contributed by atoms with Crippen LogP contribution in [0, 0.1) is 24.7 Å². The zero-order valence-corrected chi connectivity index (χ0v) is 14.7. The highest BCUT2D eigenvalue weighted by atomic mass is 16.5. The number of fused-ring (bicyclic) bond motifs is 2. The molecule has 0 spiro atoms. The van der Waals surface area contributed by atoms with Crippen molar-refractivity contribution in [2.75, 3.05) is 13.1 Å². The molecule has 132 valence electrons. The van der Waals surface area contributed by atoms with Crippen LogP contribution in [-0.2, 0) is 0 Å². The maximum atomic E-state index is 12.6. The van der Waals surface area contributed by atoms with Gasteiger partial charge in [-0.2, -0.15) is 4.98 Å². The number of hydrogen-bond acceptors (Lipinski definition) is 4. The van der Waals surface area contributed by atoms with Gasteiger partial charge in [-0.15, -0.1) is 0 Å². The lowest BCUT2D eigenvalue weighted by atomic mass is 9.84. The molecule has 1 saturated heterocycles. The molecular weight excluding hydrogens is 304 g/mol. The van der Waals surface area contributed by atoms with Crippen molar-refractivity contribution in [1.82, 2.24) is 20.4 Å². The number of aromatic nitrogens is 2. The second-order valence-corrected chi connectivity index (χ2v) is 8.01. The molecule has 1 N–H and O–H groups in total. The summed E-state index contributed by atoms with van der Waals surface area (Å²) in [7, 11) is 0. The summed E-state index contributed by atoms with van der Waals surface area (Å²) < 4.78 is 5.07. The number of nitrogens with one attached hydrogen (secondary N) is 1. The van der Waals surface area contributed by atoms with E-state index < -0.39 is 0 Å². The van der Waals surface area contributed by atoms with Crippen LogP contribution < -0.4 is 5.32 Å². The number of urea groups is 1. The van der Waals surface area contributed by atoms with Gasteiger partial charge in [0.2, 0.25) is 5.89 Å². The number of nitrogens with zero attached hydrogens (tertiary/aromatic N) is 3. The van der Waals surface area contributed by atoms with E-state index in [2.05, 4.69) is 22.4 Å². The summed E-state index contributed by atoms with van der Waals surface area (Å²) in [6, 6.07) is 0.401. The Bertz CT molecular complexity index is 594. The lowest BCUT2D eigenvalue weighted by molar-refractivity contribution is 0.167. The smallest absolute Gasteiger partial charge is 0.317 e. The molecule has 3 fully saturated rings. The van der Waals surface area contributed by atoms with Crippen LogP contribution in [0.25, 0.3) is 0 Å². The number of rotatable bonds is 3. The van der Waals surface area contributed by atoms with Crippen molar-refractivity contribution in [2.24, 2.45) is 17.8 Å². The largest absolute Gasteiger partial charge is 0.340 e. The Balaban J connectivity index is 1.27. The first-order valence-corrected chi connectivity index (χ1v) is 9.46. The van der Waals surface area contributed by atoms with Crippen molar-refractivity contribution >= 4 is 6.03 Å². The molecule has 1 aromatic heterocycles. The fourth-order valence-electron chi connectivity index (χ4n) is 5.12. The number of piperidine rings is 1. The van der Waals surface area contributed by atoms with Gasteiger partial charge in [-0.1, -0.05) is 11.6 Å². The Hall–Kier alpha value is -1.59. The lowest BCUT2D eigenvalue weighted by Gasteiger charge is -2.34. The van der Waals surface area contributed by atoms with Crippen molar-refractivity contribution in [3.05, 3.63) is 11.7 Å². The van der Waals surface area contributed by atoms with Crippen LogP contribution in [0.5, 0.6) is 0 Å². The lowest BCUT2D eigenvalue weighted by Crippen LogP contribution is -2.49. The first-order valence-electron chi connectivity index (χ1n) is 9.46. The maximum Gasteiger partial charge on any atom is 0.317 e. The summed E-state index contributed by atoms with van der Waals surface area (Å²) in [6.07, 6.45) is 7.30. The molecule has 1 aromatic rings. The third-order valence-corrected chi connectivity index (χ3v) is 6.48. The Labute approximate surface area is 143 Å². The Morgan fingerprint density at radius 2 is 2.04 bits per heavy atom. The second-order valence-electron chi connectivity index (χ2n) is 8.01. The van der Waals surface area contributed by atoms with Gasteiger partial charge < -0.3 is 14.7 Å². The van der Waals surface area contributed by atoms with E-state index in [1.165, 1.54) is 25.7 Å². The summed E-state index contributed by atoms with van der Waals surface area (Å²) in [5, 5.41) is 7.30. The fourth-order valence-corrected chi connectivity index (χ4v) is 5.12. The van der Waals surface area contributed by atoms with E-state index in [1.807, 2.05) is 11.8 Å². The molecule has 1 aliphatic heterocycles. The predicted octanol–water partition coefficient (Wildman–Crippen LogP) is 3.09. The standard InChI is InChI=1S/C18H28N4O2/c1-11(16-10-13-3-4-15(16)9-13)19-18(23)22-7-5-14(6-8-22)17-20-12(2)24-21-17/h11,13-16H,3-10H2,1-2H3,(H,19,23). The molecule has 2 heterocycles. The van der Waals surface area contributed by atoms with Crippen molar-refractivity contribution in [3.8, 4) is 0 Å². The molecule has 6 heteroatoms. The fraction of sp³-hybridized carbons (Fsp3) is 0.833. The number of carbonyl (C=O) groups excluding carboxylic acids is 1. The first kappa shape index (κ1) is 15.9. The molecule has 4 unspecified atom stereocenters. The van der Waals surface area contributed by atoms with E-state index in [1.54, 1.807) is 0 Å². The van der Waals surface area contributed by atoms with Crippen molar-refractivity contribution in [3.63, 3.8) is 0 Å². The molecule has 4 rings (SSSR count). The van der Waals surface area contributed by atoms with Gasteiger partial charge in [0.25, 0.3) is 0 Å². The molecule has 2 aliphatic carbocycles. The van der Waals surface area contributed by atoms with Crippen molar-refractivity contribution in [1.29, 1.82) is 0 Å². The van der Waals surface area contributed by atoms with Crippen LogP contribution in [0.2, 0.25) is 0 Å². The average Bonchev–Trinajstić information content (AvgIpc) is 3.31. The monoisotopic (exact) mass is 332 g/mol. The van der Waals surface area contributed by atoms with Gasteiger partial charge in [0.1, 0.15) is 0 Å². The highest BCUT2D eigenvalue weighted by Gasteiger charge is 2.42. The van der Waals surface area contributed by atoms with Crippen molar-refractivity contribution in [2.45, 2.75) is 64.3 Å². The minimum Gasteiger partial charge on any atom is -0.340 e. The van der Waals surface area contributed by atoms with Crippen molar-refractivity contribution < 1.29 is 9.32 Å². The van der Waals surface area contributed by atoms with Gasteiger partial charge in [0, 0.05) is 32.0 Å². The zero-order chi connectivity index (χ0) is 16.7. The molecule has 2 saturated carbocycles. The number of aryl methyl sites for hydroxylation is 1. The summed E-state index contributed by atoms with van der Waals surface area (Å²) in [5.41, 5.74) is 0. The van der Waals surface area contributed by atoms with Gasteiger partial charge in [0.15, 0.2) is 5.82 Å². The zero-order valence-electron chi connectivity index (χ0n) is 14.7. The molecule has 0 radical (unpaired) electrons. The van der Waals surface area contributed by atoms with E-state index in [0.29, 0.717) is 23.8 Å². The molecule has 3 aliphatic rings. The quantitative estimate of drug-likeness (QED) is 0.923. The van der Waals surface area contributed by atoms with Crippen LogP contribution in [0.15, 0.2) is 4.52 Å². The third-order valence-electron chi connectivity index (χ3n) is 6.48. The Morgan fingerprint density at radius 3 is 2.62 bits per heavy atom. The second kappa shape index (κ2) is 6.37. The number of likely N-dealkylation sites (tertiary alicyclic amines) is 1. The van der Waals surface area contributed by atoms with E-state index in [-0.39, 0.29) is 6.03 Å². The number of carbonyl (C=O) groups is 1. The van der Waals surface area contributed by atoms with E-state index >= 15 is 0 Å². The summed E-state index contributed by atoms with van der Waals surface area (Å²) in [5.74, 6) is 4.18. The topological polar surface area (TPSA) is 71.3 Å². The highest BCUT2D eigenvalue weighted by molar-refractivity contribution is 5.74. The van der Waals surface area contributed by atoms with E-state index in [9.17, 15) is 4.79 Å². The number of hydrogen-bond donors (Lipinski definition) is 1. The maximum absolute atomic E-state index is 12.6. The molecule has 24 heavy (non-hydrogen) atoms. The van der Waals surface area contributed by atoms with E-state index in [0.717, 1.165) is 43.6 Å². The summed E-state index contributed by atoms with van der Waals surface area (Å²) in [6.45, 7) is 5.55. The van der Waals surface area contributed by atoms with Crippen LogP contribution in [-0.4, -0.2) is 40.2 Å². The van der Waals surface area contributed by atoms with Crippen LogP contribution in [0.3, 0.4) is 0 Å². The number of amides is 2. The molecule has 2 bridgehead atoms. The van der Waals surface area contributed by atoms with Gasteiger partial charge in [-0.25, -0.2) is 4.79 Å². The predicted molar refractivity (Wildman–Crippen MR) is 89.5 cm³/mol. The average molecular weight is 332 g/mol. The molecule has 4 atom stereocenters. The molecular formula is C18H28N4O2. The third kappa shape index (κ3) is 3.03. The van der Waals surface area contributed by atoms with Gasteiger partial charge in [-0.05, 0) is 56.8 Å².